The fourth-order valence-corrected chi connectivity index (χ4v) is 3.82. The summed E-state index contributed by atoms with van der Waals surface area (Å²) in [6, 6.07) is -0.364. The number of carbonyl (C=O) groups is 2. The summed E-state index contributed by atoms with van der Waals surface area (Å²) in [5.74, 6) is 1.97. The number of nitrogens with zero attached hydrogens (tertiary/aromatic N) is 1. The number of hydrogen-bond acceptors (Lipinski definition) is 4. The van der Waals surface area contributed by atoms with Gasteiger partial charge >= 0.3 is 5.97 Å². The molecule has 0 radical (unpaired) electrons. The van der Waals surface area contributed by atoms with Crippen molar-refractivity contribution < 1.29 is 14.3 Å². The van der Waals surface area contributed by atoms with Gasteiger partial charge in [-0.1, -0.05) is 0 Å². The molecular formula is C14H23NO3S. The second kappa shape index (κ2) is 5.73. The van der Waals surface area contributed by atoms with E-state index in [1.165, 1.54) is 0 Å². The first kappa shape index (κ1) is 14.7. The lowest BCUT2D eigenvalue weighted by Gasteiger charge is -2.28. The van der Waals surface area contributed by atoms with E-state index in [0.29, 0.717) is 6.54 Å². The summed E-state index contributed by atoms with van der Waals surface area (Å²) < 4.78 is 5.43. The van der Waals surface area contributed by atoms with Crippen LogP contribution >= 0.6 is 11.8 Å². The van der Waals surface area contributed by atoms with Crippen LogP contribution in [0, 0.1) is 5.92 Å². The van der Waals surface area contributed by atoms with Crippen LogP contribution in [0.3, 0.4) is 0 Å². The largest absolute Gasteiger partial charge is 0.458 e. The van der Waals surface area contributed by atoms with Crippen LogP contribution in [-0.2, 0) is 14.3 Å². The van der Waals surface area contributed by atoms with Gasteiger partial charge in [0.25, 0.3) is 0 Å². The first-order valence-electron chi connectivity index (χ1n) is 6.99. The van der Waals surface area contributed by atoms with Gasteiger partial charge in [-0.3, -0.25) is 4.79 Å². The van der Waals surface area contributed by atoms with E-state index in [-0.39, 0.29) is 23.8 Å². The SMILES string of the molecule is CC(C)(C)OC(=O)[C@@H]1CCCN1C(=O)C1CCSC1. The molecule has 1 unspecified atom stereocenters. The molecule has 2 saturated heterocycles. The summed E-state index contributed by atoms with van der Waals surface area (Å²) >= 11 is 1.83. The van der Waals surface area contributed by atoms with Gasteiger partial charge in [0.1, 0.15) is 11.6 Å². The van der Waals surface area contributed by atoms with Crippen LogP contribution in [-0.4, -0.2) is 46.5 Å². The van der Waals surface area contributed by atoms with Crippen molar-refractivity contribution in [3.8, 4) is 0 Å². The van der Waals surface area contributed by atoms with E-state index in [2.05, 4.69) is 0 Å². The predicted octanol–water partition coefficient (Wildman–Crippen LogP) is 2.07. The molecule has 2 aliphatic heterocycles. The minimum atomic E-state index is -0.488. The first-order chi connectivity index (χ1) is 8.88. The number of likely N-dealkylation sites (tertiary alicyclic amines) is 1. The van der Waals surface area contributed by atoms with Crippen molar-refractivity contribution in [3.63, 3.8) is 0 Å². The summed E-state index contributed by atoms with van der Waals surface area (Å²) in [5.41, 5.74) is -0.488. The minimum absolute atomic E-state index is 0.105. The maximum atomic E-state index is 12.4. The Morgan fingerprint density at radius 1 is 1.26 bits per heavy atom. The number of carbonyl (C=O) groups excluding carboxylic acids is 2. The molecule has 2 atom stereocenters. The third-order valence-corrected chi connectivity index (χ3v) is 4.66. The molecule has 0 aromatic carbocycles. The maximum absolute atomic E-state index is 12.4. The Kier molecular flexibility index (Phi) is 4.43. The molecule has 19 heavy (non-hydrogen) atoms. The molecule has 108 valence electrons. The van der Waals surface area contributed by atoms with Crippen molar-refractivity contribution in [3.05, 3.63) is 0 Å². The van der Waals surface area contributed by atoms with Crippen molar-refractivity contribution in [1.82, 2.24) is 4.90 Å². The van der Waals surface area contributed by atoms with E-state index in [9.17, 15) is 9.59 Å². The Morgan fingerprint density at radius 2 is 2.00 bits per heavy atom. The fraction of sp³-hybridized carbons (Fsp3) is 0.857. The molecule has 1 amide bonds. The molecule has 2 aliphatic rings. The van der Waals surface area contributed by atoms with Crippen molar-refractivity contribution >= 4 is 23.6 Å². The normalized spacial score (nSPS) is 27.6. The minimum Gasteiger partial charge on any atom is -0.458 e. The Hall–Kier alpha value is -0.710. The first-order valence-corrected chi connectivity index (χ1v) is 8.15. The molecule has 2 rings (SSSR count). The molecule has 0 bridgehead atoms. The van der Waals surface area contributed by atoms with E-state index in [4.69, 9.17) is 4.74 Å². The highest BCUT2D eigenvalue weighted by Crippen LogP contribution is 2.29. The smallest absolute Gasteiger partial charge is 0.329 e. The van der Waals surface area contributed by atoms with Gasteiger partial charge < -0.3 is 9.64 Å². The lowest BCUT2D eigenvalue weighted by Crippen LogP contribution is -2.45. The summed E-state index contributed by atoms with van der Waals surface area (Å²) in [6.45, 7) is 6.28. The average Bonchev–Trinajstić information content (AvgIpc) is 2.97. The highest BCUT2D eigenvalue weighted by atomic mass is 32.2. The summed E-state index contributed by atoms with van der Waals surface area (Å²) in [6.07, 6.45) is 2.58. The van der Waals surface area contributed by atoms with E-state index in [0.717, 1.165) is 30.8 Å². The second-order valence-electron chi connectivity index (χ2n) is 6.28. The molecule has 4 nitrogen and oxygen atoms in total. The van der Waals surface area contributed by atoms with Crippen LogP contribution < -0.4 is 0 Å². The zero-order chi connectivity index (χ0) is 14.0. The topological polar surface area (TPSA) is 46.6 Å². The Labute approximate surface area is 119 Å². The van der Waals surface area contributed by atoms with E-state index < -0.39 is 5.60 Å². The van der Waals surface area contributed by atoms with Crippen molar-refractivity contribution in [1.29, 1.82) is 0 Å². The third kappa shape index (κ3) is 3.65. The predicted molar refractivity (Wildman–Crippen MR) is 76.0 cm³/mol. The highest BCUT2D eigenvalue weighted by molar-refractivity contribution is 7.99. The number of esters is 1. The van der Waals surface area contributed by atoms with E-state index in [1.807, 2.05) is 32.5 Å². The molecule has 0 aliphatic carbocycles. The van der Waals surface area contributed by atoms with E-state index >= 15 is 0 Å². The van der Waals surface area contributed by atoms with Gasteiger partial charge in [0.2, 0.25) is 5.91 Å². The summed E-state index contributed by atoms with van der Waals surface area (Å²) in [7, 11) is 0. The van der Waals surface area contributed by atoms with Crippen molar-refractivity contribution in [2.45, 2.75) is 51.7 Å². The van der Waals surface area contributed by atoms with Crippen molar-refractivity contribution in [2.24, 2.45) is 5.92 Å². The van der Waals surface area contributed by atoms with Gasteiger partial charge in [0.05, 0.1) is 0 Å². The standard InChI is InChI=1S/C14H23NO3S/c1-14(2,3)18-13(17)11-5-4-7-15(11)12(16)10-6-8-19-9-10/h10-11H,4-9H2,1-3H3/t10?,11-/m0/s1. The molecular weight excluding hydrogens is 262 g/mol. The number of rotatable bonds is 2. The van der Waals surface area contributed by atoms with Crippen LogP contribution in [0.25, 0.3) is 0 Å². The molecule has 5 heteroatoms. The fourth-order valence-electron chi connectivity index (χ4n) is 2.61. The molecule has 0 aromatic rings. The Morgan fingerprint density at radius 3 is 2.58 bits per heavy atom. The van der Waals surface area contributed by atoms with Crippen LogP contribution in [0.15, 0.2) is 0 Å². The molecule has 0 spiro atoms. The quantitative estimate of drug-likeness (QED) is 0.729. The number of thioether (sulfide) groups is 1. The van der Waals surface area contributed by atoms with Gasteiger partial charge in [-0.15, -0.1) is 0 Å². The number of hydrogen-bond donors (Lipinski definition) is 0. The monoisotopic (exact) mass is 285 g/mol. The second-order valence-corrected chi connectivity index (χ2v) is 7.43. The summed E-state index contributed by atoms with van der Waals surface area (Å²) in [4.78, 5) is 26.4. The molecule has 0 saturated carbocycles. The molecule has 0 aromatic heterocycles. The Balaban J connectivity index is 2.00. The van der Waals surface area contributed by atoms with Gasteiger partial charge in [0, 0.05) is 18.2 Å². The van der Waals surface area contributed by atoms with Gasteiger partial charge in [-0.25, -0.2) is 4.79 Å². The highest BCUT2D eigenvalue weighted by Gasteiger charge is 2.39. The van der Waals surface area contributed by atoms with Gasteiger partial charge in [-0.05, 0) is 45.8 Å². The number of ether oxygens (including phenoxy) is 1. The van der Waals surface area contributed by atoms with Gasteiger partial charge in [0.15, 0.2) is 0 Å². The lowest BCUT2D eigenvalue weighted by atomic mass is 10.1. The van der Waals surface area contributed by atoms with Crippen molar-refractivity contribution in [2.75, 3.05) is 18.1 Å². The maximum Gasteiger partial charge on any atom is 0.329 e. The van der Waals surface area contributed by atoms with E-state index in [1.54, 1.807) is 4.90 Å². The Bertz CT molecular complexity index is 358. The molecule has 0 N–H and O–H groups in total. The van der Waals surface area contributed by atoms with Crippen LogP contribution in [0.5, 0.6) is 0 Å². The molecule has 2 fully saturated rings. The zero-order valence-electron chi connectivity index (χ0n) is 12.0. The summed E-state index contributed by atoms with van der Waals surface area (Å²) in [5, 5.41) is 0. The van der Waals surface area contributed by atoms with Gasteiger partial charge in [-0.2, -0.15) is 11.8 Å². The van der Waals surface area contributed by atoms with Crippen LogP contribution in [0.1, 0.15) is 40.0 Å². The average molecular weight is 285 g/mol. The molecule has 2 heterocycles. The lowest BCUT2D eigenvalue weighted by molar-refractivity contribution is -0.163. The van der Waals surface area contributed by atoms with Crippen LogP contribution in [0.2, 0.25) is 0 Å². The van der Waals surface area contributed by atoms with Crippen LogP contribution in [0.4, 0.5) is 0 Å². The third-order valence-electron chi connectivity index (χ3n) is 3.49. The number of amides is 1. The zero-order valence-corrected chi connectivity index (χ0v) is 12.8.